The smallest absolute Gasteiger partial charge is 0.251 e. The number of rotatable bonds is 7. The minimum Gasteiger partial charge on any atom is -0.381 e. The second-order valence-electron chi connectivity index (χ2n) is 6.96. The summed E-state index contributed by atoms with van der Waals surface area (Å²) >= 11 is 0. The van der Waals surface area contributed by atoms with Gasteiger partial charge in [-0.2, -0.15) is 0 Å². The van der Waals surface area contributed by atoms with Crippen molar-refractivity contribution < 1.29 is 18.7 Å². The molecule has 27 heavy (non-hydrogen) atoms. The van der Waals surface area contributed by atoms with E-state index in [9.17, 15) is 14.0 Å². The second kappa shape index (κ2) is 8.91. The average molecular weight is 369 g/mol. The lowest BCUT2D eigenvalue weighted by molar-refractivity contribution is 0.0951. The Balaban J connectivity index is 1.58. The van der Waals surface area contributed by atoms with Crippen LogP contribution in [0, 0.1) is 11.7 Å². The fraction of sp³-hybridized carbons (Fsp3) is 0.364. The number of amides is 1. The van der Waals surface area contributed by atoms with Crippen LogP contribution < -0.4 is 5.32 Å². The van der Waals surface area contributed by atoms with Crippen molar-refractivity contribution in [3.05, 3.63) is 59.4 Å². The van der Waals surface area contributed by atoms with Gasteiger partial charge >= 0.3 is 0 Å². The zero-order chi connectivity index (χ0) is 19.2. The Kier molecular flexibility index (Phi) is 6.35. The summed E-state index contributed by atoms with van der Waals surface area (Å²) < 4.78 is 19.5. The number of Topliss-reactive ketones (excluding diaryl/α,β-unsaturated/α-hetero) is 1. The van der Waals surface area contributed by atoms with Crippen LogP contribution in [0.1, 0.15) is 46.9 Å². The van der Waals surface area contributed by atoms with Gasteiger partial charge in [-0.15, -0.1) is 0 Å². The van der Waals surface area contributed by atoms with Crippen LogP contribution in [0.3, 0.4) is 0 Å². The van der Waals surface area contributed by atoms with Crippen molar-refractivity contribution in [2.45, 2.75) is 26.2 Å². The van der Waals surface area contributed by atoms with Crippen molar-refractivity contribution >= 4 is 11.7 Å². The van der Waals surface area contributed by atoms with Gasteiger partial charge in [0, 0.05) is 36.4 Å². The first kappa shape index (κ1) is 19.2. The summed E-state index contributed by atoms with van der Waals surface area (Å²) in [5.41, 5.74) is 1.98. The molecular weight excluding hydrogens is 345 g/mol. The van der Waals surface area contributed by atoms with E-state index in [4.69, 9.17) is 4.74 Å². The SMILES string of the molecule is CC(=O)c1ccc(F)c(-c2ccc(C(=O)NCCC[C@@H]3CCOC3)cc2)c1. The molecule has 0 bridgehead atoms. The van der Waals surface area contributed by atoms with Crippen molar-refractivity contribution in [1.82, 2.24) is 5.32 Å². The number of benzene rings is 2. The second-order valence-corrected chi connectivity index (χ2v) is 6.96. The van der Waals surface area contributed by atoms with E-state index in [1.165, 1.54) is 19.1 Å². The molecule has 3 rings (SSSR count). The summed E-state index contributed by atoms with van der Waals surface area (Å²) in [5, 5.41) is 2.92. The summed E-state index contributed by atoms with van der Waals surface area (Å²) in [4.78, 5) is 23.8. The maximum absolute atomic E-state index is 14.1. The first-order valence-corrected chi connectivity index (χ1v) is 9.31. The average Bonchev–Trinajstić information content (AvgIpc) is 3.19. The summed E-state index contributed by atoms with van der Waals surface area (Å²) in [5.74, 6) is -0.0338. The van der Waals surface area contributed by atoms with Crippen molar-refractivity contribution in [2.75, 3.05) is 19.8 Å². The molecule has 0 aromatic heterocycles. The highest BCUT2D eigenvalue weighted by molar-refractivity contribution is 5.96. The van der Waals surface area contributed by atoms with Gasteiger partial charge in [-0.25, -0.2) is 4.39 Å². The molecule has 1 N–H and O–H groups in total. The normalized spacial score (nSPS) is 16.3. The molecule has 2 aromatic carbocycles. The molecule has 1 atom stereocenters. The van der Waals surface area contributed by atoms with E-state index in [0.717, 1.165) is 32.5 Å². The molecule has 0 unspecified atom stereocenters. The molecular formula is C22H24FNO3. The third-order valence-electron chi connectivity index (χ3n) is 4.93. The first-order chi connectivity index (χ1) is 13.0. The van der Waals surface area contributed by atoms with Gasteiger partial charge in [-0.1, -0.05) is 12.1 Å². The molecule has 0 spiro atoms. The molecule has 2 aromatic rings. The molecule has 1 fully saturated rings. The van der Waals surface area contributed by atoms with Crippen molar-refractivity contribution in [2.24, 2.45) is 5.92 Å². The van der Waals surface area contributed by atoms with Crippen LogP contribution in [0.2, 0.25) is 0 Å². The largest absolute Gasteiger partial charge is 0.381 e. The molecule has 0 saturated carbocycles. The van der Waals surface area contributed by atoms with E-state index in [1.54, 1.807) is 30.3 Å². The number of hydrogen-bond acceptors (Lipinski definition) is 3. The fourth-order valence-corrected chi connectivity index (χ4v) is 3.27. The monoisotopic (exact) mass is 369 g/mol. The summed E-state index contributed by atoms with van der Waals surface area (Å²) in [6, 6.07) is 11.1. The molecule has 1 amide bonds. The Morgan fingerprint density at radius 3 is 2.56 bits per heavy atom. The Labute approximate surface area is 158 Å². The first-order valence-electron chi connectivity index (χ1n) is 9.31. The maximum atomic E-state index is 14.1. The maximum Gasteiger partial charge on any atom is 0.251 e. The van der Waals surface area contributed by atoms with Gasteiger partial charge in [0.1, 0.15) is 5.82 Å². The quantitative estimate of drug-likeness (QED) is 0.587. The zero-order valence-electron chi connectivity index (χ0n) is 15.5. The van der Waals surface area contributed by atoms with Gasteiger partial charge in [0.2, 0.25) is 0 Å². The Morgan fingerprint density at radius 1 is 1.15 bits per heavy atom. The Bertz CT molecular complexity index is 811. The molecule has 5 heteroatoms. The minimum absolute atomic E-state index is 0.114. The molecule has 1 saturated heterocycles. The van der Waals surface area contributed by atoms with Gasteiger partial charge in [-0.05, 0) is 68.0 Å². The number of nitrogens with one attached hydrogen (secondary N) is 1. The molecule has 1 aliphatic heterocycles. The highest BCUT2D eigenvalue weighted by Gasteiger charge is 2.15. The van der Waals surface area contributed by atoms with Crippen LogP contribution in [-0.4, -0.2) is 31.4 Å². The predicted molar refractivity (Wildman–Crippen MR) is 102 cm³/mol. The van der Waals surface area contributed by atoms with E-state index >= 15 is 0 Å². The highest BCUT2D eigenvalue weighted by Crippen LogP contribution is 2.25. The third-order valence-corrected chi connectivity index (χ3v) is 4.93. The number of ketones is 1. The van der Waals surface area contributed by atoms with Crippen LogP contribution in [0.15, 0.2) is 42.5 Å². The van der Waals surface area contributed by atoms with E-state index in [1.807, 2.05) is 0 Å². The summed E-state index contributed by atoms with van der Waals surface area (Å²) in [6.07, 6.45) is 3.10. The van der Waals surface area contributed by atoms with Crippen molar-refractivity contribution in [3.63, 3.8) is 0 Å². The standard InChI is InChI=1S/C22H24FNO3/c1-15(25)19-8-9-21(23)20(13-19)17-4-6-18(7-5-17)22(26)24-11-2-3-16-10-12-27-14-16/h4-9,13,16H,2-3,10-12,14H2,1H3,(H,24,26)/t16-/m1/s1. The van der Waals surface area contributed by atoms with E-state index in [-0.39, 0.29) is 11.7 Å². The van der Waals surface area contributed by atoms with Crippen LogP contribution in [0.5, 0.6) is 0 Å². The van der Waals surface area contributed by atoms with Crippen LogP contribution in [0.4, 0.5) is 4.39 Å². The zero-order valence-corrected chi connectivity index (χ0v) is 15.5. The number of halogens is 1. The number of ether oxygens (including phenoxy) is 1. The lowest BCUT2D eigenvalue weighted by Gasteiger charge is -2.09. The minimum atomic E-state index is -0.395. The fourth-order valence-electron chi connectivity index (χ4n) is 3.27. The molecule has 0 aliphatic carbocycles. The predicted octanol–water partition coefficient (Wildman–Crippen LogP) is 4.24. The highest BCUT2D eigenvalue weighted by atomic mass is 19.1. The van der Waals surface area contributed by atoms with Gasteiger partial charge in [0.15, 0.2) is 5.78 Å². The molecule has 0 radical (unpaired) electrons. The molecule has 4 nitrogen and oxygen atoms in total. The van der Waals surface area contributed by atoms with Crippen molar-refractivity contribution in [1.29, 1.82) is 0 Å². The summed E-state index contributed by atoms with van der Waals surface area (Å²) in [6.45, 7) is 3.76. The summed E-state index contributed by atoms with van der Waals surface area (Å²) in [7, 11) is 0. The van der Waals surface area contributed by atoms with Crippen molar-refractivity contribution in [3.8, 4) is 11.1 Å². The third kappa shape index (κ3) is 5.01. The van der Waals surface area contributed by atoms with Gasteiger partial charge in [0.05, 0.1) is 0 Å². The van der Waals surface area contributed by atoms with Crippen LogP contribution >= 0.6 is 0 Å². The van der Waals surface area contributed by atoms with Gasteiger partial charge in [-0.3, -0.25) is 9.59 Å². The van der Waals surface area contributed by atoms with Gasteiger partial charge in [0.25, 0.3) is 5.91 Å². The Hall–Kier alpha value is -2.53. The number of carbonyl (C=O) groups is 2. The lowest BCUT2D eigenvalue weighted by atomic mass is 9.99. The topological polar surface area (TPSA) is 55.4 Å². The molecule has 1 aliphatic rings. The Morgan fingerprint density at radius 2 is 1.89 bits per heavy atom. The number of carbonyl (C=O) groups excluding carboxylic acids is 2. The molecule has 1 heterocycles. The number of hydrogen-bond donors (Lipinski definition) is 1. The van der Waals surface area contributed by atoms with Crippen LogP contribution in [0.25, 0.3) is 11.1 Å². The molecule has 142 valence electrons. The van der Waals surface area contributed by atoms with Crippen LogP contribution in [-0.2, 0) is 4.74 Å². The lowest BCUT2D eigenvalue weighted by Crippen LogP contribution is -2.24. The van der Waals surface area contributed by atoms with E-state index in [0.29, 0.717) is 34.7 Å². The van der Waals surface area contributed by atoms with Gasteiger partial charge < -0.3 is 10.1 Å². The van der Waals surface area contributed by atoms with E-state index in [2.05, 4.69) is 5.32 Å². The van der Waals surface area contributed by atoms with E-state index < -0.39 is 5.82 Å².